The third kappa shape index (κ3) is 4.60. The maximum atomic E-state index is 6.17. The van der Waals surface area contributed by atoms with Crippen LogP contribution in [0.4, 0.5) is 0 Å². The minimum Gasteiger partial charge on any atom is -0.496 e. The monoisotopic (exact) mass is 311 g/mol. The molecule has 0 bridgehead atoms. The Morgan fingerprint density at radius 3 is 2.76 bits per heavy atom. The van der Waals surface area contributed by atoms with E-state index in [0.717, 1.165) is 62.8 Å². The van der Waals surface area contributed by atoms with Crippen molar-refractivity contribution in [1.82, 2.24) is 5.32 Å². The molecule has 1 fully saturated rings. The standard InChI is InChI=1S/C17H26ClNO2/c1-3-8-19-13-17(6-9-21-10-7-17)12-14-11-15(18)4-5-16(14)20-2/h4-5,11,19H,3,6-10,12-13H2,1-2H3. The molecule has 0 spiro atoms. The third-order valence-corrected chi connectivity index (χ3v) is 4.52. The summed E-state index contributed by atoms with van der Waals surface area (Å²) in [6.45, 7) is 5.98. The quantitative estimate of drug-likeness (QED) is 0.779. The van der Waals surface area contributed by atoms with Gasteiger partial charge in [0.05, 0.1) is 7.11 Å². The molecule has 0 saturated carbocycles. The molecule has 1 aromatic carbocycles. The Morgan fingerprint density at radius 1 is 1.33 bits per heavy atom. The molecule has 1 heterocycles. The van der Waals surface area contributed by atoms with Crippen molar-refractivity contribution in [3.8, 4) is 5.75 Å². The van der Waals surface area contributed by atoms with Crippen LogP contribution >= 0.6 is 11.6 Å². The smallest absolute Gasteiger partial charge is 0.122 e. The highest BCUT2D eigenvalue weighted by Crippen LogP contribution is 2.37. The minimum absolute atomic E-state index is 0.241. The fraction of sp³-hybridized carbons (Fsp3) is 0.647. The molecule has 1 aliphatic rings. The maximum Gasteiger partial charge on any atom is 0.122 e. The second-order valence-corrected chi connectivity index (χ2v) is 6.36. The van der Waals surface area contributed by atoms with E-state index in [1.807, 2.05) is 18.2 Å². The van der Waals surface area contributed by atoms with Crippen LogP contribution in [0.5, 0.6) is 5.75 Å². The minimum atomic E-state index is 0.241. The lowest BCUT2D eigenvalue weighted by Crippen LogP contribution is -2.41. The lowest BCUT2D eigenvalue weighted by atomic mass is 9.75. The van der Waals surface area contributed by atoms with Gasteiger partial charge in [-0.1, -0.05) is 18.5 Å². The predicted octanol–water partition coefficient (Wildman–Crippen LogP) is 3.69. The van der Waals surface area contributed by atoms with Gasteiger partial charge in [-0.3, -0.25) is 0 Å². The fourth-order valence-electron chi connectivity index (χ4n) is 3.04. The summed E-state index contributed by atoms with van der Waals surface area (Å²) in [5, 5.41) is 4.36. The van der Waals surface area contributed by atoms with Crippen LogP contribution in [0.2, 0.25) is 5.02 Å². The number of ether oxygens (including phenoxy) is 2. The van der Waals surface area contributed by atoms with Crippen LogP contribution in [0.1, 0.15) is 31.7 Å². The highest BCUT2D eigenvalue weighted by Gasteiger charge is 2.33. The first-order valence-corrected chi connectivity index (χ1v) is 8.18. The number of hydrogen-bond acceptors (Lipinski definition) is 3. The van der Waals surface area contributed by atoms with Gasteiger partial charge < -0.3 is 14.8 Å². The van der Waals surface area contributed by atoms with Gasteiger partial charge in [0.2, 0.25) is 0 Å². The molecule has 1 aromatic rings. The van der Waals surface area contributed by atoms with Crippen molar-refractivity contribution < 1.29 is 9.47 Å². The molecule has 0 aliphatic carbocycles. The van der Waals surface area contributed by atoms with E-state index in [9.17, 15) is 0 Å². The summed E-state index contributed by atoms with van der Waals surface area (Å²) in [4.78, 5) is 0. The molecule has 0 amide bonds. The summed E-state index contributed by atoms with van der Waals surface area (Å²) < 4.78 is 11.1. The van der Waals surface area contributed by atoms with E-state index in [0.29, 0.717) is 0 Å². The number of nitrogens with one attached hydrogen (secondary N) is 1. The van der Waals surface area contributed by atoms with Gasteiger partial charge in [-0.25, -0.2) is 0 Å². The number of methoxy groups -OCH3 is 1. The molecule has 1 N–H and O–H groups in total. The number of hydrogen-bond donors (Lipinski definition) is 1. The second-order valence-electron chi connectivity index (χ2n) is 5.92. The van der Waals surface area contributed by atoms with Gasteiger partial charge in [-0.05, 0) is 61.4 Å². The van der Waals surface area contributed by atoms with E-state index in [-0.39, 0.29) is 5.41 Å². The maximum absolute atomic E-state index is 6.17. The van der Waals surface area contributed by atoms with Crippen LogP contribution < -0.4 is 10.1 Å². The van der Waals surface area contributed by atoms with Crippen LogP contribution in [0.3, 0.4) is 0 Å². The number of rotatable bonds is 7. The highest BCUT2D eigenvalue weighted by atomic mass is 35.5. The molecule has 0 unspecified atom stereocenters. The van der Waals surface area contributed by atoms with Crippen molar-refractivity contribution in [3.63, 3.8) is 0 Å². The molecule has 4 heteroatoms. The van der Waals surface area contributed by atoms with Crippen LogP contribution in [0.25, 0.3) is 0 Å². The van der Waals surface area contributed by atoms with Crippen molar-refractivity contribution in [3.05, 3.63) is 28.8 Å². The molecular formula is C17H26ClNO2. The summed E-state index contributed by atoms with van der Waals surface area (Å²) in [5.41, 5.74) is 1.44. The van der Waals surface area contributed by atoms with Crippen molar-refractivity contribution in [2.75, 3.05) is 33.4 Å². The Balaban J connectivity index is 2.15. The molecule has 3 nitrogen and oxygen atoms in total. The van der Waals surface area contributed by atoms with Crippen molar-refractivity contribution in [2.45, 2.75) is 32.6 Å². The van der Waals surface area contributed by atoms with Crippen molar-refractivity contribution in [1.29, 1.82) is 0 Å². The van der Waals surface area contributed by atoms with Gasteiger partial charge in [-0.2, -0.15) is 0 Å². The lowest BCUT2D eigenvalue weighted by molar-refractivity contribution is 0.0148. The Kier molecular flexibility index (Phi) is 6.34. The highest BCUT2D eigenvalue weighted by molar-refractivity contribution is 6.30. The largest absolute Gasteiger partial charge is 0.496 e. The first kappa shape index (κ1) is 16.6. The molecule has 0 aromatic heterocycles. The van der Waals surface area contributed by atoms with Crippen molar-refractivity contribution in [2.24, 2.45) is 5.41 Å². The fourth-order valence-corrected chi connectivity index (χ4v) is 3.23. The lowest BCUT2D eigenvalue weighted by Gasteiger charge is -2.38. The predicted molar refractivity (Wildman–Crippen MR) is 87.4 cm³/mol. The zero-order chi connectivity index (χ0) is 15.1. The zero-order valence-corrected chi connectivity index (χ0v) is 13.8. The van der Waals surface area contributed by atoms with E-state index >= 15 is 0 Å². The average molecular weight is 312 g/mol. The molecular weight excluding hydrogens is 286 g/mol. The number of benzene rings is 1. The van der Waals surface area contributed by atoms with Gasteiger partial charge in [0.1, 0.15) is 5.75 Å². The van der Waals surface area contributed by atoms with Crippen LogP contribution in [-0.2, 0) is 11.2 Å². The first-order chi connectivity index (χ1) is 10.2. The third-order valence-electron chi connectivity index (χ3n) is 4.29. The normalized spacial score (nSPS) is 17.7. The summed E-state index contributed by atoms with van der Waals surface area (Å²) in [5.74, 6) is 0.931. The molecule has 1 aliphatic heterocycles. The van der Waals surface area contributed by atoms with Crippen LogP contribution in [-0.4, -0.2) is 33.4 Å². The summed E-state index contributed by atoms with van der Waals surface area (Å²) in [7, 11) is 1.72. The molecule has 2 rings (SSSR count). The zero-order valence-electron chi connectivity index (χ0n) is 13.1. The Morgan fingerprint density at radius 2 is 2.10 bits per heavy atom. The summed E-state index contributed by atoms with van der Waals surface area (Å²) in [6.07, 6.45) is 4.31. The molecule has 0 radical (unpaired) electrons. The molecule has 0 atom stereocenters. The molecule has 1 saturated heterocycles. The molecule has 118 valence electrons. The van der Waals surface area contributed by atoms with E-state index in [2.05, 4.69) is 12.2 Å². The number of halogens is 1. The van der Waals surface area contributed by atoms with E-state index < -0.39 is 0 Å². The SMILES string of the molecule is CCCNCC1(Cc2cc(Cl)ccc2OC)CCOCC1. The van der Waals surface area contributed by atoms with E-state index in [4.69, 9.17) is 21.1 Å². The van der Waals surface area contributed by atoms with Crippen LogP contribution in [0.15, 0.2) is 18.2 Å². The summed E-state index contributed by atoms with van der Waals surface area (Å²) in [6, 6.07) is 5.89. The van der Waals surface area contributed by atoms with E-state index in [1.54, 1.807) is 7.11 Å². The first-order valence-electron chi connectivity index (χ1n) is 7.80. The Hall–Kier alpha value is -0.770. The summed E-state index contributed by atoms with van der Waals surface area (Å²) >= 11 is 6.17. The van der Waals surface area contributed by atoms with Gasteiger partial charge in [0.15, 0.2) is 0 Å². The van der Waals surface area contributed by atoms with E-state index in [1.165, 1.54) is 5.56 Å². The Labute approximate surface area is 133 Å². The molecule has 21 heavy (non-hydrogen) atoms. The topological polar surface area (TPSA) is 30.5 Å². The van der Waals surface area contributed by atoms with Gasteiger partial charge >= 0.3 is 0 Å². The second kappa shape index (κ2) is 8.02. The van der Waals surface area contributed by atoms with Crippen molar-refractivity contribution >= 4 is 11.6 Å². The van der Waals surface area contributed by atoms with Crippen LogP contribution in [0, 0.1) is 5.41 Å². The van der Waals surface area contributed by atoms with Gasteiger partial charge in [0.25, 0.3) is 0 Å². The van der Waals surface area contributed by atoms with Gasteiger partial charge in [-0.15, -0.1) is 0 Å². The van der Waals surface area contributed by atoms with Gasteiger partial charge in [0, 0.05) is 24.8 Å². The average Bonchev–Trinajstić information content (AvgIpc) is 2.49. The Bertz CT molecular complexity index is 444.